The molecule has 0 amide bonds. The van der Waals surface area contributed by atoms with Gasteiger partial charge in [-0.2, -0.15) is 0 Å². The quantitative estimate of drug-likeness (QED) is 0.800. The lowest BCUT2D eigenvalue weighted by molar-refractivity contribution is 0.00646. The number of hydrogen-bond donors (Lipinski definition) is 0. The molecule has 0 aliphatic carbocycles. The number of methoxy groups -OCH3 is 1. The molecular weight excluding hydrogens is 300 g/mol. The number of rotatable bonds is 4. The molecule has 0 atom stereocenters. The summed E-state index contributed by atoms with van der Waals surface area (Å²) in [5, 5.41) is 0.749. The van der Waals surface area contributed by atoms with Gasteiger partial charge in [0.2, 0.25) is 0 Å². The Morgan fingerprint density at radius 2 is 1.86 bits per heavy atom. The van der Waals surface area contributed by atoms with Crippen molar-refractivity contribution in [3.63, 3.8) is 0 Å². The van der Waals surface area contributed by atoms with Gasteiger partial charge >= 0.3 is 5.97 Å². The van der Waals surface area contributed by atoms with E-state index in [1.165, 1.54) is 11.3 Å². The van der Waals surface area contributed by atoms with Gasteiger partial charge in [0.05, 0.1) is 12.6 Å². The minimum Gasteiger partial charge on any atom is -0.497 e. The molecular formula is C16H20N2O3S. The van der Waals surface area contributed by atoms with Gasteiger partial charge in [0.1, 0.15) is 16.4 Å². The van der Waals surface area contributed by atoms with Crippen molar-refractivity contribution in [2.24, 2.45) is 0 Å². The second-order valence-electron chi connectivity index (χ2n) is 5.77. The molecule has 0 radical (unpaired) electrons. The molecule has 2 aromatic rings. The van der Waals surface area contributed by atoms with E-state index >= 15 is 0 Å². The fraction of sp³-hybridized carbons (Fsp3) is 0.375. The van der Waals surface area contributed by atoms with Crippen molar-refractivity contribution in [2.75, 3.05) is 19.1 Å². The average molecular weight is 320 g/mol. The predicted molar refractivity (Wildman–Crippen MR) is 88.3 cm³/mol. The number of carbonyl (C=O) groups excluding carboxylic acids is 1. The van der Waals surface area contributed by atoms with Gasteiger partial charge in [0.15, 0.2) is 5.69 Å². The molecule has 2 rings (SSSR count). The summed E-state index contributed by atoms with van der Waals surface area (Å²) >= 11 is 1.40. The molecule has 1 aromatic heterocycles. The van der Waals surface area contributed by atoms with E-state index in [-0.39, 0.29) is 0 Å². The van der Waals surface area contributed by atoms with Crippen LogP contribution in [0.25, 0.3) is 0 Å². The van der Waals surface area contributed by atoms with E-state index < -0.39 is 11.6 Å². The first kappa shape index (κ1) is 16.3. The fourth-order valence-corrected chi connectivity index (χ4v) is 2.64. The highest BCUT2D eigenvalue weighted by Crippen LogP contribution is 2.32. The number of aromatic nitrogens is 1. The number of thiazole rings is 1. The van der Waals surface area contributed by atoms with Crippen LogP contribution in [0, 0.1) is 0 Å². The zero-order chi connectivity index (χ0) is 16.3. The summed E-state index contributed by atoms with van der Waals surface area (Å²) in [5.41, 5.74) is 2.37. The van der Waals surface area contributed by atoms with Crippen LogP contribution in [0.2, 0.25) is 0 Å². The summed E-state index contributed by atoms with van der Waals surface area (Å²) in [4.78, 5) is 18.3. The van der Waals surface area contributed by atoms with Gasteiger partial charge in [-0.3, -0.25) is 0 Å². The van der Waals surface area contributed by atoms with Gasteiger partial charge in [-0.15, -0.1) is 11.3 Å². The Morgan fingerprint density at radius 3 is 2.41 bits per heavy atom. The number of benzene rings is 1. The first-order chi connectivity index (χ1) is 10.3. The minimum absolute atomic E-state index is 0.332. The predicted octanol–water partition coefficient (Wildman–Crippen LogP) is 3.87. The Balaban J connectivity index is 2.25. The lowest BCUT2D eigenvalue weighted by atomic mass is 10.2. The molecule has 6 heteroatoms. The first-order valence-corrected chi connectivity index (χ1v) is 7.74. The van der Waals surface area contributed by atoms with Gasteiger partial charge in [-0.1, -0.05) is 0 Å². The third-order valence-electron chi connectivity index (χ3n) is 2.91. The summed E-state index contributed by atoms with van der Waals surface area (Å²) in [7, 11) is 3.52. The van der Waals surface area contributed by atoms with Gasteiger partial charge < -0.3 is 14.4 Å². The normalized spacial score (nSPS) is 11.1. The van der Waals surface area contributed by atoms with Gasteiger partial charge in [-0.05, 0) is 45.0 Å². The summed E-state index contributed by atoms with van der Waals surface area (Å²) < 4.78 is 10.6. The van der Waals surface area contributed by atoms with Crippen molar-refractivity contribution in [1.29, 1.82) is 0 Å². The largest absolute Gasteiger partial charge is 0.497 e. The summed E-state index contributed by atoms with van der Waals surface area (Å²) in [5.74, 6) is 0.373. The molecule has 0 saturated heterocycles. The number of hydrogen-bond acceptors (Lipinski definition) is 6. The van der Waals surface area contributed by atoms with Crippen molar-refractivity contribution < 1.29 is 14.3 Å². The topological polar surface area (TPSA) is 51.7 Å². The van der Waals surface area contributed by atoms with Crippen LogP contribution in [0.5, 0.6) is 5.75 Å². The van der Waals surface area contributed by atoms with Crippen LogP contribution in [-0.4, -0.2) is 30.7 Å². The highest BCUT2D eigenvalue weighted by atomic mass is 32.1. The van der Waals surface area contributed by atoms with Gasteiger partial charge in [0, 0.05) is 12.7 Å². The smallest absolute Gasteiger partial charge is 0.360 e. The van der Waals surface area contributed by atoms with E-state index in [0.717, 1.165) is 16.4 Å². The van der Waals surface area contributed by atoms with E-state index in [2.05, 4.69) is 4.98 Å². The maximum Gasteiger partial charge on any atom is 0.360 e. The third-order valence-corrected chi connectivity index (χ3v) is 3.81. The highest BCUT2D eigenvalue weighted by Gasteiger charge is 2.24. The molecule has 0 saturated carbocycles. The molecule has 0 N–H and O–H groups in total. The molecule has 0 aliphatic heterocycles. The zero-order valence-corrected chi connectivity index (χ0v) is 14.2. The highest BCUT2D eigenvalue weighted by molar-refractivity contribution is 7.14. The molecule has 0 spiro atoms. The molecule has 5 nitrogen and oxygen atoms in total. The van der Waals surface area contributed by atoms with Crippen LogP contribution < -0.4 is 9.64 Å². The SMILES string of the molecule is COc1ccc(N(C)c2scnc2C(=O)OC(C)(C)C)cc1. The summed E-state index contributed by atoms with van der Waals surface area (Å²) in [6.45, 7) is 5.51. The zero-order valence-electron chi connectivity index (χ0n) is 13.4. The van der Waals surface area contributed by atoms with Crippen molar-refractivity contribution in [2.45, 2.75) is 26.4 Å². The Hall–Kier alpha value is -2.08. The van der Waals surface area contributed by atoms with E-state index in [9.17, 15) is 4.79 Å². The van der Waals surface area contributed by atoms with Gasteiger partial charge in [-0.25, -0.2) is 9.78 Å². The Kier molecular flexibility index (Phi) is 4.71. The van der Waals surface area contributed by atoms with Crippen molar-refractivity contribution in [3.05, 3.63) is 35.5 Å². The number of nitrogens with zero attached hydrogens (tertiary/aromatic N) is 2. The number of ether oxygens (including phenoxy) is 2. The maximum absolute atomic E-state index is 12.3. The second-order valence-corrected chi connectivity index (χ2v) is 6.60. The first-order valence-electron chi connectivity index (χ1n) is 6.86. The Bertz CT molecular complexity index is 644. The standard InChI is InChI=1S/C16H20N2O3S/c1-16(2,3)21-15(19)13-14(22-10-17-13)18(4)11-6-8-12(20-5)9-7-11/h6-10H,1-5H3. The van der Waals surface area contributed by atoms with E-state index in [1.807, 2.05) is 57.0 Å². The van der Waals surface area contributed by atoms with Crippen molar-refractivity contribution in [1.82, 2.24) is 4.98 Å². The maximum atomic E-state index is 12.3. The van der Waals surface area contributed by atoms with Crippen LogP contribution in [0.3, 0.4) is 0 Å². The van der Waals surface area contributed by atoms with Crippen molar-refractivity contribution in [3.8, 4) is 5.75 Å². The Morgan fingerprint density at radius 1 is 1.23 bits per heavy atom. The molecule has 1 aromatic carbocycles. The molecule has 1 heterocycles. The van der Waals surface area contributed by atoms with Crippen LogP contribution in [0.15, 0.2) is 29.8 Å². The third kappa shape index (κ3) is 3.76. The van der Waals surface area contributed by atoms with Crippen LogP contribution in [0.4, 0.5) is 10.7 Å². The fourth-order valence-electron chi connectivity index (χ4n) is 1.87. The second kappa shape index (κ2) is 6.36. The van der Waals surface area contributed by atoms with Crippen LogP contribution in [0.1, 0.15) is 31.3 Å². The monoisotopic (exact) mass is 320 g/mol. The molecule has 0 bridgehead atoms. The number of carbonyl (C=O) groups is 1. The van der Waals surface area contributed by atoms with Gasteiger partial charge in [0.25, 0.3) is 0 Å². The average Bonchev–Trinajstić information content (AvgIpc) is 2.94. The number of esters is 1. The van der Waals surface area contributed by atoms with E-state index in [1.54, 1.807) is 12.6 Å². The molecule has 22 heavy (non-hydrogen) atoms. The Labute approximate surface area is 134 Å². The summed E-state index contributed by atoms with van der Waals surface area (Å²) in [6, 6.07) is 7.61. The molecule has 0 unspecified atom stereocenters. The lowest BCUT2D eigenvalue weighted by Crippen LogP contribution is -2.25. The molecule has 118 valence electrons. The van der Waals surface area contributed by atoms with E-state index in [0.29, 0.717) is 5.69 Å². The van der Waals surface area contributed by atoms with Crippen molar-refractivity contribution >= 4 is 28.0 Å². The number of anilines is 2. The lowest BCUT2D eigenvalue weighted by Gasteiger charge is -2.21. The summed E-state index contributed by atoms with van der Waals surface area (Å²) in [6.07, 6.45) is 0. The molecule has 0 aliphatic rings. The van der Waals surface area contributed by atoms with E-state index in [4.69, 9.17) is 9.47 Å². The minimum atomic E-state index is -0.545. The van der Waals surface area contributed by atoms with Crippen LogP contribution >= 0.6 is 11.3 Å². The molecule has 0 fully saturated rings. The van der Waals surface area contributed by atoms with Crippen LogP contribution in [-0.2, 0) is 4.74 Å².